The van der Waals surface area contributed by atoms with Gasteiger partial charge in [-0.2, -0.15) is 5.10 Å². The van der Waals surface area contributed by atoms with Gasteiger partial charge in [-0.15, -0.1) is 0 Å². The van der Waals surface area contributed by atoms with E-state index >= 15 is 0 Å². The number of nitrogens with one attached hydrogen (secondary N) is 1. The summed E-state index contributed by atoms with van der Waals surface area (Å²) in [4.78, 5) is 0. The van der Waals surface area contributed by atoms with Gasteiger partial charge in [0, 0.05) is 23.8 Å². The van der Waals surface area contributed by atoms with Crippen molar-refractivity contribution in [3.63, 3.8) is 0 Å². The van der Waals surface area contributed by atoms with Crippen LogP contribution in [0.3, 0.4) is 0 Å². The second-order valence-electron chi connectivity index (χ2n) is 4.17. The molecule has 6 heteroatoms. The molecule has 0 aliphatic carbocycles. The van der Waals surface area contributed by atoms with Gasteiger partial charge in [0.05, 0.1) is 18.4 Å². The molecule has 102 valence electrons. The smallest absolute Gasteiger partial charge is 0.216 e. The zero-order chi connectivity index (χ0) is 14.0. The van der Waals surface area contributed by atoms with E-state index < -0.39 is 0 Å². The fourth-order valence-electron chi connectivity index (χ4n) is 1.96. The van der Waals surface area contributed by atoms with E-state index in [0.29, 0.717) is 11.0 Å². The average Bonchev–Trinajstić information content (AvgIpc) is 2.62. The zero-order valence-electron chi connectivity index (χ0n) is 11.0. The monoisotopic (exact) mass is 327 g/mol. The molecule has 0 saturated heterocycles. The summed E-state index contributed by atoms with van der Waals surface area (Å²) in [6.45, 7) is 2.49. The molecule has 1 N–H and O–H groups in total. The van der Waals surface area contributed by atoms with Crippen LogP contribution in [0.1, 0.15) is 11.3 Å². The summed E-state index contributed by atoms with van der Waals surface area (Å²) in [6.07, 6.45) is 0. The van der Waals surface area contributed by atoms with Gasteiger partial charge in [0.25, 0.3) is 0 Å². The highest BCUT2D eigenvalue weighted by Crippen LogP contribution is 2.26. The highest BCUT2D eigenvalue weighted by molar-refractivity contribution is 9.10. The van der Waals surface area contributed by atoms with Gasteiger partial charge in [-0.1, -0.05) is 0 Å². The van der Waals surface area contributed by atoms with Gasteiger partial charge < -0.3 is 10.1 Å². The molecule has 0 aliphatic heterocycles. The van der Waals surface area contributed by atoms with Crippen molar-refractivity contribution in [2.45, 2.75) is 13.5 Å². The maximum atomic E-state index is 13.0. The standard InChI is InChI=1S/C13H15BrFN3O/c1-8-10(13(19-3)18(2)17-8)7-16-12-5-4-9(15)6-11(12)14/h4-6,16H,7H2,1-3H3. The van der Waals surface area contributed by atoms with Gasteiger partial charge in [-0.25, -0.2) is 9.07 Å². The number of nitrogens with zero attached hydrogens (tertiary/aromatic N) is 2. The van der Waals surface area contributed by atoms with Crippen molar-refractivity contribution in [2.24, 2.45) is 7.05 Å². The average molecular weight is 328 g/mol. The number of hydrogen-bond acceptors (Lipinski definition) is 3. The van der Waals surface area contributed by atoms with E-state index in [1.165, 1.54) is 12.1 Å². The van der Waals surface area contributed by atoms with Gasteiger partial charge in [0.15, 0.2) is 0 Å². The first-order valence-electron chi connectivity index (χ1n) is 5.78. The molecule has 0 atom stereocenters. The number of ether oxygens (including phenoxy) is 1. The summed E-state index contributed by atoms with van der Waals surface area (Å²) in [5, 5.41) is 7.55. The highest BCUT2D eigenvalue weighted by atomic mass is 79.9. The molecule has 0 aliphatic rings. The molecule has 0 radical (unpaired) electrons. The molecule has 0 bridgehead atoms. The zero-order valence-corrected chi connectivity index (χ0v) is 12.6. The summed E-state index contributed by atoms with van der Waals surface area (Å²) in [5.41, 5.74) is 2.72. The molecule has 1 heterocycles. The van der Waals surface area contributed by atoms with Crippen LogP contribution in [0, 0.1) is 12.7 Å². The van der Waals surface area contributed by atoms with E-state index in [1.54, 1.807) is 17.9 Å². The van der Waals surface area contributed by atoms with Crippen molar-refractivity contribution >= 4 is 21.6 Å². The summed E-state index contributed by atoms with van der Waals surface area (Å²) in [5.74, 6) is 0.454. The lowest BCUT2D eigenvalue weighted by atomic mass is 10.2. The topological polar surface area (TPSA) is 39.1 Å². The highest BCUT2D eigenvalue weighted by Gasteiger charge is 2.13. The van der Waals surface area contributed by atoms with Crippen molar-refractivity contribution < 1.29 is 9.13 Å². The lowest BCUT2D eigenvalue weighted by Crippen LogP contribution is -2.03. The maximum absolute atomic E-state index is 13.0. The molecule has 0 amide bonds. The predicted molar refractivity (Wildman–Crippen MR) is 75.9 cm³/mol. The number of benzene rings is 1. The van der Waals surface area contributed by atoms with Crippen molar-refractivity contribution in [3.8, 4) is 5.88 Å². The molecule has 2 rings (SSSR count). The van der Waals surface area contributed by atoms with Crippen LogP contribution in [0.25, 0.3) is 0 Å². The molecular weight excluding hydrogens is 313 g/mol. The largest absolute Gasteiger partial charge is 0.481 e. The van der Waals surface area contributed by atoms with Gasteiger partial charge in [-0.05, 0) is 41.1 Å². The Balaban J connectivity index is 2.19. The Kier molecular flexibility index (Phi) is 4.09. The van der Waals surface area contributed by atoms with Gasteiger partial charge in [0.1, 0.15) is 5.82 Å². The number of aryl methyl sites for hydroxylation is 2. The second-order valence-corrected chi connectivity index (χ2v) is 5.03. The molecule has 0 spiro atoms. The summed E-state index contributed by atoms with van der Waals surface area (Å²) >= 11 is 3.33. The van der Waals surface area contributed by atoms with Crippen LogP contribution in [-0.2, 0) is 13.6 Å². The Morgan fingerprint density at radius 2 is 2.21 bits per heavy atom. The van der Waals surface area contributed by atoms with E-state index in [1.807, 2.05) is 14.0 Å². The normalized spacial score (nSPS) is 10.6. The molecule has 0 fully saturated rings. The Hall–Kier alpha value is -1.56. The first kappa shape index (κ1) is 13.9. The molecule has 1 aromatic carbocycles. The maximum Gasteiger partial charge on any atom is 0.216 e. The van der Waals surface area contributed by atoms with Crippen LogP contribution in [0.2, 0.25) is 0 Å². The molecule has 0 saturated carbocycles. The van der Waals surface area contributed by atoms with Gasteiger partial charge in [-0.3, -0.25) is 0 Å². The van der Waals surface area contributed by atoms with E-state index in [0.717, 1.165) is 22.8 Å². The molecule has 19 heavy (non-hydrogen) atoms. The Morgan fingerprint density at radius 3 is 2.84 bits per heavy atom. The first-order valence-corrected chi connectivity index (χ1v) is 6.57. The van der Waals surface area contributed by atoms with Crippen LogP contribution in [-0.4, -0.2) is 16.9 Å². The van der Waals surface area contributed by atoms with Crippen LogP contribution < -0.4 is 10.1 Å². The van der Waals surface area contributed by atoms with E-state index in [4.69, 9.17) is 4.74 Å². The van der Waals surface area contributed by atoms with Crippen LogP contribution in [0.15, 0.2) is 22.7 Å². The first-order chi connectivity index (χ1) is 9.02. The minimum atomic E-state index is -0.271. The van der Waals surface area contributed by atoms with Gasteiger partial charge >= 0.3 is 0 Å². The fourth-order valence-corrected chi connectivity index (χ4v) is 2.45. The van der Waals surface area contributed by atoms with Crippen molar-refractivity contribution in [3.05, 3.63) is 39.7 Å². The third-order valence-corrected chi connectivity index (χ3v) is 3.52. The summed E-state index contributed by atoms with van der Waals surface area (Å²) < 4.78 is 20.7. The molecule has 4 nitrogen and oxygen atoms in total. The molecule has 0 unspecified atom stereocenters. The third-order valence-electron chi connectivity index (χ3n) is 2.87. The number of rotatable bonds is 4. The van der Waals surface area contributed by atoms with Crippen LogP contribution >= 0.6 is 15.9 Å². The Bertz CT molecular complexity index is 598. The third kappa shape index (κ3) is 2.89. The van der Waals surface area contributed by atoms with Crippen molar-refractivity contribution in [1.29, 1.82) is 0 Å². The van der Waals surface area contributed by atoms with Crippen molar-refractivity contribution in [1.82, 2.24) is 9.78 Å². The minimum Gasteiger partial charge on any atom is -0.481 e. The molecular formula is C13H15BrFN3O. The Labute approximate surface area is 119 Å². The van der Waals surface area contributed by atoms with E-state index in [2.05, 4.69) is 26.3 Å². The number of aromatic nitrogens is 2. The number of methoxy groups -OCH3 is 1. The second kappa shape index (κ2) is 5.61. The van der Waals surface area contributed by atoms with E-state index in [-0.39, 0.29) is 5.82 Å². The SMILES string of the molecule is COc1c(CNc2ccc(F)cc2Br)c(C)nn1C. The summed E-state index contributed by atoms with van der Waals surface area (Å²) in [7, 11) is 3.46. The quantitative estimate of drug-likeness (QED) is 0.936. The molecule has 1 aromatic heterocycles. The number of hydrogen-bond donors (Lipinski definition) is 1. The van der Waals surface area contributed by atoms with Crippen LogP contribution in [0.4, 0.5) is 10.1 Å². The number of anilines is 1. The van der Waals surface area contributed by atoms with Crippen LogP contribution in [0.5, 0.6) is 5.88 Å². The number of halogens is 2. The predicted octanol–water partition coefficient (Wildman–Crippen LogP) is 3.25. The Morgan fingerprint density at radius 1 is 1.47 bits per heavy atom. The minimum absolute atomic E-state index is 0.271. The summed E-state index contributed by atoms with van der Waals surface area (Å²) in [6, 6.07) is 4.54. The van der Waals surface area contributed by atoms with E-state index in [9.17, 15) is 4.39 Å². The lowest BCUT2D eigenvalue weighted by molar-refractivity contribution is 0.370. The van der Waals surface area contributed by atoms with Gasteiger partial charge in [0.2, 0.25) is 5.88 Å². The van der Waals surface area contributed by atoms with Crippen molar-refractivity contribution in [2.75, 3.05) is 12.4 Å². The lowest BCUT2D eigenvalue weighted by Gasteiger charge is -2.09. The molecule has 2 aromatic rings. The fraction of sp³-hybridized carbons (Fsp3) is 0.308.